The molecule has 0 fully saturated rings. The van der Waals surface area contributed by atoms with Gasteiger partial charge in [0.25, 0.3) is 0 Å². The number of aromatic nitrogens is 2. The first-order chi connectivity index (χ1) is 15.4. The summed E-state index contributed by atoms with van der Waals surface area (Å²) < 4.78 is 16.8. The molecule has 0 amide bonds. The van der Waals surface area contributed by atoms with Crippen LogP contribution in [0.1, 0.15) is 26.3 Å². The van der Waals surface area contributed by atoms with Gasteiger partial charge in [-0.1, -0.05) is 32.9 Å². The van der Waals surface area contributed by atoms with E-state index in [1.807, 2.05) is 30.3 Å². The number of nitrogens with one attached hydrogen (secondary N) is 1. The molecule has 1 heterocycles. The zero-order valence-corrected chi connectivity index (χ0v) is 19.0. The molecule has 0 unspecified atom stereocenters. The molecule has 1 aromatic heterocycles. The van der Waals surface area contributed by atoms with E-state index in [0.717, 1.165) is 16.8 Å². The molecule has 4 rings (SSSR count). The number of ether oxygens (including phenoxy) is 3. The summed E-state index contributed by atoms with van der Waals surface area (Å²) in [6.45, 7) is 6.63. The Morgan fingerprint density at radius 1 is 0.750 bits per heavy atom. The predicted octanol–water partition coefficient (Wildman–Crippen LogP) is 6.48. The van der Waals surface area contributed by atoms with E-state index in [-0.39, 0.29) is 5.41 Å². The van der Waals surface area contributed by atoms with Crippen LogP contribution in [0.25, 0.3) is 10.9 Å². The van der Waals surface area contributed by atoms with Crippen molar-refractivity contribution in [2.24, 2.45) is 0 Å². The van der Waals surface area contributed by atoms with Crippen molar-refractivity contribution in [3.63, 3.8) is 0 Å². The van der Waals surface area contributed by atoms with Crippen molar-refractivity contribution in [3.05, 3.63) is 72.6 Å². The summed E-state index contributed by atoms with van der Waals surface area (Å²) in [6, 6.07) is 19.9. The topological polar surface area (TPSA) is 65.5 Å². The van der Waals surface area contributed by atoms with Gasteiger partial charge in [-0.2, -0.15) is 0 Å². The summed E-state index contributed by atoms with van der Waals surface area (Å²) in [5, 5.41) is 4.16. The molecule has 0 atom stereocenters. The van der Waals surface area contributed by atoms with E-state index in [1.165, 1.54) is 11.9 Å². The fourth-order valence-corrected chi connectivity index (χ4v) is 3.38. The van der Waals surface area contributed by atoms with Crippen LogP contribution in [0.5, 0.6) is 23.1 Å². The Hall–Kier alpha value is -3.80. The van der Waals surface area contributed by atoms with E-state index in [4.69, 9.17) is 14.2 Å². The highest BCUT2D eigenvalue weighted by atomic mass is 16.5. The largest absolute Gasteiger partial charge is 0.493 e. The summed E-state index contributed by atoms with van der Waals surface area (Å²) in [7, 11) is 3.19. The van der Waals surface area contributed by atoms with Gasteiger partial charge in [-0.25, -0.2) is 9.97 Å². The van der Waals surface area contributed by atoms with Gasteiger partial charge in [-0.15, -0.1) is 0 Å². The monoisotopic (exact) mass is 429 g/mol. The second-order valence-electron chi connectivity index (χ2n) is 8.48. The molecule has 0 radical (unpaired) electrons. The molecule has 0 saturated heterocycles. The van der Waals surface area contributed by atoms with Crippen molar-refractivity contribution < 1.29 is 14.2 Å². The molecule has 0 spiro atoms. The zero-order chi connectivity index (χ0) is 22.7. The van der Waals surface area contributed by atoms with Gasteiger partial charge in [0, 0.05) is 17.4 Å². The second kappa shape index (κ2) is 8.75. The van der Waals surface area contributed by atoms with Crippen LogP contribution in [-0.2, 0) is 5.41 Å². The molecule has 0 aliphatic heterocycles. The lowest BCUT2D eigenvalue weighted by Crippen LogP contribution is -2.10. The smallest absolute Gasteiger partial charge is 0.230 e. The van der Waals surface area contributed by atoms with Crippen LogP contribution in [-0.4, -0.2) is 24.2 Å². The van der Waals surface area contributed by atoms with Crippen LogP contribution in [0.4, 0.5) is 11.4 Å². The lowest BCUT2D eigenvalue weighted by Gasteiger charge is -2.19. The zero-order valence-electron chi connectivity index (χ0n) is 19.0. The summed E-state index contributed by atoms with van der Waals surface area (Å²) >= 11 is 0. The SMILES string of the molecule is COc1cc2ncnc(Oc3ccc(Nc4ccc(C(C)(C)C)cc4)cc3)c2cc1OC. The molecule has 0 saturated carbocycles. The van der Waals surface area contributed by atoms with Crippen LogP contribution < -0.4 is 19.5 Å². The van der Waals surface area contributed by atoms with E-state index in [1.54, 1.807) is 20.3 Å². The number of methoxy groups -OCH3 is 2. The Kier molecular flexibility index (Phi) is 5.86. The number of hydrogen-bond acceptors (Lipinski definition) is 6. The Balaban J connectivity index is 1.52. The van der Waals surface area contributed by atoms with Crippen molar-refractivity contribution in [2.45, 2.75) is 26.2 Å². The fourth-order valence-electron chi connectivity index (χ4n) is 3.38. The summed E-state index contributed by atoms with van der Waals surface area (Å²) in [6.07, 6.45) is 1.47. The Labute approximate surface area is 188 Å². The molecule has 6 heteroatoms. The minimum atomic E-state index is 0.137. The van der Waals surface area contributed by atoms with Crippen LogP contribution in [0.15, 0.2) is 67.0 Å². The quantitative estimate of drug-likeness (QED) is 0.378. The van der Waals surface area contributed by atoms with Gasteiger partial charge in [0.15, 0.2) is 11.5 Å². The maximum absolute atomic E-state index is 6.05. The van der Waals surface area contributed by atoms with E-state index in [9.17, 15) is 0 Å². The number of anilines is 2. The van der Waals surface area contributed by atoms with E-state index < -0.39 is 0 Å². The van der Waals surface area contributed by atoms with Crippen molar-refractivity contribution in [1.29, 1.82) is 0 Å². The van der Waals surface area contributed by atoms with Gasteiger partial charge < -0.3 is 19.5 Å². The number of hydrogen-bond donors (Lipinski definition) is 1. The van der Waals surface area contributed by atoms with Crippen molar-refractivity contribution in [1.82, 2.24) is 9.97 Å². The number of nitrogens with zero attached hydrogens (tertiary/aromatic N) is 2. The van der Waals surface area contributed by atoms with Crippen molar-refractivity contribution >= 4 is 22.3 Å². The average molecular weight is 430 g/mol. The molecule has 3 aromatic carbocycles. The summed E-state index contributed by atoms with van der Waals surface area (Å²) in [4.78, 5) is 8.62. The van der Waals surface area contributed by atoms with E-state index in [2.05, 4.69) is 60.3 Å². The Morgan fingerprint density at radius 2 is 1.34 bits per heavy atom. The van der Waals surface area contributed by atoms with Gasteiger partial charge in [0.2, 0.25) is 5.88 Å². The molecule has 0 aliphatic carbocycles. The summed E-state index contributed by atoms with van der Waals surface area (Å²) in [5.41, 5.74) is 4.16. The molecule has 164 valence electrons. The van der Waals surface area contributed by atoms with Gasteiger partial charge in [-0.3, -0.25) is 0 Å². The van der Waals surface area contributed by atoms with Crippen LogP contribution in [0.3, 0.4) is 0 Å². The minimum Gasteiger partial charge on any atom is -0.493 e. The van der Waals surface area contributed by atoms with E-state index >= 15 is 0 Å². The molecule has 0 bridgehead atoms. The minimum absolute atomic E-state index is 0.137. The highest BCUT2D eigenvalue weighted by Crippen LogP contribution is 2.36. The normalized spacial score (nSPS) is 11.3. The third-order valence-electron chi connectivity index (χ3n) is 5.21. The molecule has 6 nitrogen and oxygen atoms in total. The lowest BCUT2D eigenvalue weighted by atomic mass is 9.87. The standard InChI is InChI=1S/C26H27N3O3/c1-26(2,3)17-6-8-18(9-7-17)29-19-10-12-20(13-11-19)32-25-21-14-23(30-4)24(31-5)15-22(21)27-16-28-25/h6-16,29H,1-5H3. The molecule has 32 heavy (non-hydrogen) atoms. The fraction of sp³-hybridized carbons (Fsp3) is 0.231. The molecule has 1 N–H and O–H groups in total. The molecule has 0 aliphatic rings. The van der Waals surface area contributed by atoms with Crippen LogP contribution >= 0.6 is 0 Å². The molecular formula is C26H27N3O3. The third kappa shape index (κ3) is 4.59. The molecule has 4 aromatic rings. The van der Waals surface area contributed by atoms with Crippen LogP contribution in [0, 0.1) is 0 Å². The maximum Gasteiger partial charge on any atom is 0.230 e. The number of fused-ring (bicyclic) bond motifs is 1. The van der Waals surface area contributed by atoms with E-state index in [0.29, 0.717) is 28.6 Å². The van der Waals surface area contributed by atoms with Gasteiger partial charge >= 0.3 is 0 Å². The lowest BCUT2D eigenvalue weighted by molar-refractivity contribution is 0.355. The first kappa shape index (κ1) is 21.4. The van der Waals surface area contributed by atoms with Gasteiger partial charge in [-0.05, 0) is 53.4 Å². The highest BCUT2D eigenvalue weighted by Gasteiger charge is 2.14. The third-order valence-corrected chi connectivity index (χ3v) is 5.21. The predicted molar refractivity (Wildman–Crippen MR) is 128 cm³/mol. The van der Waals surface area contributed by atoms with Gasteiger partial charge in [0.1, 0.15) is 12.1 Å². The first-order valence-electron chi connectivity index (χ1n) is 10.4. The Morgan fingerprint density at radius 3 is 1.94 bits per heavy atom. The highest BCUT2D eigenvalue weighted by molar-refractivity contribution is 5.87. The first-order valence-corrected chi connectivity index (χ1v) is 10.4. The van der Waals surface area contributed by atoms with Crippen molar-refractivity contribution in [3.8, 4) is 23.1 Å². The molecular weight excluding hydrogens is 402 g/mol. The average Bonchev–Trinajstić information content (AvgIpc) is 2.79. The number of rotatable bonds is 6. The number of benzene rings is 3. The Bertz CT molecular complexity index is 1210. The van der Waals surface area contributed by atoms with Crippen molar-refractivity contribution in [2.75, 3.05) is 19.5 Å². The summed E-state index contributed by atoms with van der Waals surface area (Å²) in [5.74, 6) is 2.33. The maximum atomic E-state index is 6.05. The second-order valence-corrected chi connectivity index (χ2v) is 8.48. The van der Waals surface area contributed by atoms with Gasteiger partial charge in [0.05, 0.1) is 25.1 Å². The van der Waals surface area contributed by atoms with Crippen LogP contribution in [0.2, 0.25) is 0 Å².